The number of rotatable bonds is 3. The van der Waals surface area contributed by atoms with Gasteiger partial charge < -0.3 is 4.90 Å². The zero-order chi connectivity index (χ0) is 14.8. The molecule has 0 aromatic carbocycles. The van der Waals surface area contributed by atoms with E-state index in [4.69, 9.17) is 0 Å². The average Bonchev–Trinajstić information content (AvgIpc) is 2.25. The third kappa shape index (κ3) is 4.48. The molecule has 19 heavy (non-hydrogen) atoms. The molecule has 1 saturated heterocycles. The van der Waals surface area contributed by atoms with Gasteiger partial charge in [0, 0.05) is 18.5 Å². The summed E-state index contributed by atoms with van der Waals surface area (Å²) in [6.07, 6.45) is 1.16. The van der Waals surface area contributed by atoms with E-state index in [2.05, 4.69) is 0 Å². The summed E-state index contributed by atoms with van der Waals surface area (Å²) in [5.41, 5.74) is -0.385. The quantitative estimate of drug-likeness (QED) is 0.799. The van der Waals surface area contributed by atoms with Crippen LogP contribution in [0.4, 0.5) is 0 Å². The molecule has 0 aromatic rings. The SMILES string of the molecule is CC(C)CS(=O)(=O)C1CCN(C(=O)C(C)(C)C)CC1. The maximum absolute atomic E-state index is 12.2. The van der Waals surface area contributed by atoms with Crippen molar-refractivity contribution in [1.82, 2.24) is 4.90 Å². The van der Waals surface area contributed by atoms with Crippen molar-refractivity contribution in [3.05, 3.63) is 0 Å². The van der Waals surface area contributed by atoms with Gasteiger partial charge in [0.15, 0.2) is 9.84 Å². The fraction of sp³-hybridized carbons (Fsp3) is 0.929. The molecular weight excluding hydrogens is 262 g/mol. The zero-order valence-corrected chi connectivity index (χ0v) is 13.6. The predicted molar refractivity (Wildman–Crippen MR) is 77.7 cm³/mol. The van der Waals surface area contributed by atoms with Gasteiger partial charge in [0.25, 0.3) is 0 Å². The van der Waals surface area contributed by atoms with Crippen LogP contribution in [0.5, 0.6) is 0 Å². The minimum Gasteiger partial charge on any atom is -0.342 e. The Morgan fingerprint density at radius 3 is 2.05 bits per heavy atom. The molecule has 0 spiro atoms. The van der Waals surface area contributed by atoms with Crippen molar-refractivity contribution in [1.29, 1.82) is 0 Å². The van der Waals surface area contributed by atoms with Crippen LogP contribution >= 0.6 is 0 Å². The minimum atomic E-state index is -3.01. The monoisotopic (exact) mass is 289 g/mol. The molecule has 1 heterocycles. The number of carbonyl (C=O) groups excluding carboxylic acids is 1. The summed E-state index contributed by atoms with van der Waals surface area (Å²) in [6, 6.07) is 0. The molecule has 0 radical (unpaired) electrons. The molecule has 112 valence electrons. The number of carbonyl (C=O) groups is 1. The lowest BCUT2D eigenvalue weighted by Crippen LogP contribution is -2.47. The Hall–Kier alpha value is -0.580. The first-order valence-electron chi connectivity index (χ1n) is 7.05. The topological polar surface area (TPSA) is 54.5 Å². The molecule has 0 aromatic heterocycles. The first-order chi connectivity index (χ1) is 8.54. The third-order valence-corrected chi connectivity index (χ3v) is 6.06. The first kappa shape index (κ1) is 16.5. The summed E-state index contributed by atoms with van der Waals surface area (Å²) in [6.45, 7) is 10.7. The van der Waals surface area contributed by atoms with Crippen LogP contribution in [0.15, 0.2) is 0 Å². The van der Waals surface area contributed by atoms with Crippen LogP contribution < -0.4 is 0 Å². The van der Waals surface area contributed by atoms with Crippen LogP contribution in [0.2, 0.25) is 0 Å². The maximum atomic E-state index is 12.2. The zero-order valence-electron chi connectivity index (χ0n) is 12.8. The molecule has 0 N–H and O–H groups in total. The number of likely N-dealkylation sites (tertiary alicyclic amines) is 1. The van der Waals surface area contributed by atoms with Crippen LogP contribution in [0.1, 0.15) is 47.5 Å². The molecule has 1 amide bonds. The summed E-state index contributed by atoms with van der Waals surface area (Å²) in [4.78, 5) is 13.9. The Balaban J connectivity index is 2.61. The van der Waals surface area contributed by atoms with Gasteiger partial charge in [-0.3, -0.25) is 4.79 Å². The van der Waals surface area contributed by atoms with Gasteiger partial charge in [0.05, 0.1) is 11.0 Å². The van der Waals surface area contributed by atoms with E-state index in [1.165, 1.54) is 0 Å². The van der Waals surface area contributed by atoms with Crippen LogP contribution in [0.3, 0.4) is 0 Å². The Morgan fingerprint density at radius 1 is 1.21 bits per heavy atom. The summed E-state index contributed by atoms with van der Waals surface area (Å²) in [5.74, 6) is 0.539. The second kappa shape index (κ2) is 5.81. The van der Waals surface area contributed by atoms with Gasteiger partial charge in [-0.1, -0.05) is 34.6 Å². The van der Waals surface area contributed by atoms with E-state index in [1.54, 1.807) is 4.90 Å². The van der Waals surface area contributed by atoms with E-state index in [1.807, 2.05) is 34.6 Å². The highest BCUT2D eigenvalue weighted by Gasteiger charge is 2.34. The fourth-order valence-electron chi connectivity index (χ4n) is 2.49. The second-order valence-corrected chi connectivity index (χ2v) is 9.29. The number of piperidine rings is 1. The van der Waals surface area contributed by atoms with E-state index >= 15 is 0 Å². The van der Waals surface area contributed by atoms with Gasteiger partial charge in [-0.15, -0.1) is 0 Å². The third-order valence-electron chi connectivity index (χ3n) is 3.44. The number of sulfone groups is 1. The van der Waals surface area contributed by atoms with Crippen molar-refractivity contribution >= 4 is 15.7 Å². The van der Waals surface area contributed by atoms with E-state index in [0.717, 1.165) is 0 Å². The van der Waals surface area contributed by atoms with Crippen molar-refractivity contribution in [2.75, 3.05) is 18.8 Å². The average molecular weight is 289 g/mol. The fourth-order valence-corrected chi connectivity index (χ4v) is 4.62. The highest BCUT2D eigenvalue weighted by Crippen LogP contribution is 2.24. The summed E-state index contributed by atoms with van der Waals surface area (Å²) in [5, 5.41) is -0.265. The normalized spacial score (nSPS) is 18.9. The van der Waals surface area contributed by atoms with Gasteiger partial charge in [-0.25, -0.2) is 8.42 Å². The lowest BCUT2D eigenvalue weighted by Gasteiger charge is -2.35. The molecule has 1 rings (SSSR count). The second-order valence-electron chi connectivity index (χ2n) is 6.96. The molecule has 0 aliphatic carbocycles. The van der Waals surface area contributed by atoms with E-state index in [-0.39, 0.29) is 28.2 Å². The highest BCUT2D eigenvalue weighted by atomic mass is 32.2. The van der Waals surface area contributed by atoms with Crippen molar-refractivity contribution in [3.63, 3.8) is 0 Å². The number of amides is 1. The molecule has 0 unspecified atom stereocenters. The molecule has 0 saturated carbocycles. The Kier molecular flexibility index (Phi) is 5.04. The molecule has 1 aliphatic rings. The van der Waals surface area contributed by atoms with Crippen LogP contribution in [-0.4, -0.2) is 43.3 Å². The van der Waals surface area contributed by atoms with Gasteiger partial charge in [0.2, 0.25) is 5.91 Å². The van der Waals surface area contributed by atoms with Gasteiger partial charge in [0.1, 0.15) is 0 Å². The van der Waals surface area contributed by atoms with Crippen LogP contribution in [0.25, 0.3) is 0 Å². The molecule has 0 bridgehead atoms. The molecule has 5 heteroatoms. The Morgan fingerprint density at radius 2 is 1.68 bits per heavy atom. The number of hydrogen-bond donors (Lipinski definition) is 0. The Labute approximate surface area is 117 Å². The summed E-state index contributed by atoms with van der Waals surface area (Å²) < 4.78 is 24.3. The van der Waals surface area contributed by atoms with Gasteiger partial charge >= 0.3 is 0 Å². The van der Waals surface area contributed by atoms with E-state index < -0.39 is 9.84 Å². The smallest absolute Gasteiger partial charge is 0.227 e. The number of hydrogen-bond acceptors (Lipinski definition) is 3. The van der Waals surface area contributed by atoms with Crippen molar-refractivity contribution < 1.29 is 13.2 Å². The lowest BCUT2D eigenvalue weighted by atomic mass is 9.93. The molecule has 1 aliphatic heterocycles. The molecular formula is C14H27NO3S. The van der Waals surface area contributed by atoms with Crippen molar-refractivity contribution in [3.8, 4) is 0 Å². The van der Waals surface area contributed by atoms with E-state index in [9.17, 15) is 13.2 Å². The largest absolute Gasteiger partial charge is 0.342 e. The molecule has 0 atom stereocenters. The van der Waals surface area contributed by atoms with Gasteiger partial charge in [-0.2, -0.15) is 0 Å². The predicted octanol–water partition coefficient (Wildman–Crippen LogP) is 2.09. The van der Waals surface area contributed by atoms with Gasteiger partial charge in [-0.05, 0) is 18.8 Å². The molecule has 1 fully saturated rings. The van der Waals surface area contributed by atoms with Crippen LogP contribution in [-0.2, 0) is 14.6 Å². The standard InChI is InChI=1S/C14H27NO3S/c1-11(2)10-19(17,18)12-6-8-15(9-7-12)13(16)14(3,4)5/h11-12H,6-10H2,1-5H3. The summed E-state index contributed by atoms with van der Waals surface area (Å²) in [7, 11) is -3.01. The minimum absolute atomic E-state index is 0.118. The summed E-state index contributed by atoms with van der Waals surface area (Å²) >= 11 is 0. The lowest BCUT2D eigenvalue weighted by molar-refractivity contribution is -0.140. The Bertz CT molecular complexity index is 412. The van der Waals surface area contributed by atoms with Crippen molar-refractivity contribution in [2.45, 2.75) is 52.7 Å². The van der Waals surface area contributed by atoms with E-state index in [0.29, 0.717) is 25.9 Å². The van der Waals surface area contributed by atoms with Crippen LogP contribution in [0, 0.1) is 11.3 Å². The highest BCUT2D eigenvalue weighted by molar-refractivity contribution is 7.92. The maximum Gasteiger partial charge on any atom is 0.227 e. The number of nitrogens with zero attached hydrogens (tertiary/aromatic N) is 1. The van der Waals surface area contributed by atoms with Crippen molar-refractivity contribution in [2.24, 2.45) is 11.3 Å². The first-order valence-corrected chi connectivity index (χ1v) is 8.76. The molecule has 4 nitrogen and oxygen atoms in total.